The van der Waals surface area contributed by atoms with Crippen molar-refractivity contribution in [3.8, 4) is 0 Å². The van der Waals surface area contributed by atoms with E-state index in [1.807, 2.05) is 25.1 Å². The zero-order valence-electron chi connectivity index (χ0n) is 16.1. The van der Waals surface area contributed by atoms with Gasteiger partial charge in [0.25, 0.3) is 10.1 Å². The van der Waals surface area contributed by atoms with Gasteiger partial charge in [0.05, 0.1) is 18.1 Å². The molecule has 0 saturated heterocycles. The molecule has 27 heavy (non-hydrogen) atoms. The Morgan fingerprint density at radius 3 is 2.00 bits per heavy atom. The molecule has 0 unspecified atom stereocenters. The molecule has 0 radical (unpaired) electrons. The summed E-state index contributed by atoms with van der Waals surface area (Å²) in [6.07, 6.45) is 6.17. The van der Waals surface area contributed by atoms with E-state index in [1.165, 1.54) is 5.56 Å². The van der Waals surface area contributed by atoms with Gasteiger partial charge in [0.2, 0.25) is 0 Å². The normalized spacial score (nSPS) is 11.6. The lowest BCUT2D eigenvalue weighted by atomic mass is 10.1. The van der Waals surface area contributed by atoms with Crippen molar-refractivity contribution in [1.29, 1.82) is 0 Å². The smallest absolute Gasteiger partial charge is 0.296 e. The number of rotatable bonds is 13. The summed E-state index contributed by atoms with van der Waals surface area (Å²) in [5, 5.41) is 0. The van der Waals surface area contributed by atoms with E-state index < -0.39 is 10.1 Å². The fourth-order valence-corrected chi connectivity index (χ4v) is 3.66. The highest BCUT2D eigenvalue weighted by Gasteiger charge is 2.14. The Hall–Kier alpha value is -1.69. The minimum atomic E-state index is -3.62. The van der Waals surface area contributed by atoms with Gasteiger partial charge in [0.15, 0.2) is 0 Å². The first-order chi connectivity index (χ1) is 13.1. The van der Waals surface area contributed by atoms with Gasteiger partial charge in [-0.15, -0.1) is 0 Å². The van der Waals surface area contributed by atoms with Gasteiger partial charge in [-0.05, 0) is 37.5 Å². The summed E-state index contributed by atoms with van der Waals surface area (Å²) >= 11 is 0. The van der Waals surface area contributed by atoms with Crippen molar-refractivity contribution >= 4 is 10.1 Å². The highest BCUT2D eigenvalue weighted by Crippen LogP contribution is 2.14. The molecule has 0 N–H and O–H groups in total. The Bertz CT molecular complexity index is 740. The molecule has 0 aliphatic carbocycles. The van der Waals surface area contributed by atoms with Crippen molar-refractivity contribution in [3.05, 3.63) is 65.7 Å². The molecule has 0 heterocycles. The molecule has 148 valence electrons. The van der Waals surface area contributed by atoms with Gasteiger partial charge in [-0.2, -0.15) is 8.42 Å². The highest BCUT2D eigenvalue weighted by molar-refractivity contribution is 7.86. The van der Waals surface area contributed by atoms with Gasteiger partial charge in [-0.1, -0.05) is 73.7 Å². The maximum absolute atomic E-state index is 12.0. The van der Waals surface area contributed by atoms with Crippen LogP contribution in [0.15, 0.2) is 59.5 Å². The zero-order chi connectivity index (χ0) is 19.4. The lowest BCUT2D eigenvalue weighted by Gasteiger charge is -2.06. The highest BCUT2D eigenvalue weighted by atomic mass is 32.2. The van der Waals surface area contributed by atoms with Crippen LogP contribution in [0.4, 0.5) is 0 Å². The van der Waals surface area contributed by atoms with E-state index in [2.05, 4.69) is 12.1 Å². The quantitative estimate of drug-likeness (QED) is 0.346. The van der Waals surface area contributed by atoms with E-state index in [-0.39, 0.29) is 11.5 Å². The third-order valence-electron chi connectivity index (χ3n) is 4.34. The SMILES string of the molecule is Cc1ccc(S(=O)(=O)OCCCCCCCCOCc2ccccc2)cc1. The molecule has 0 amide bonds. The van der Waals surface area contributed by atoms with Crippen molar-refractivity contribution in [2.75, 3.05) is 13.2 Å². The van der Waals surface area contributed by atoms with Crippen LogP contribution in [-0.2, 0) is 25.6 Å². The maximum atomic E-state index is 12.0. The Morgan fingerprint density at radius 2 is 1.33 bits per heavy atom. The second-order valence-electron chi connectivity index (χ2n) is 6.75. The van der Waals surface area contributed by atoms with E-state index in [1.54, 1.807) is 24.3 Å². The van der Waals surface area contributed by atoms with E-state index >= 15 is 0 Å². The number of benzene rings is 2. The maximum Gasteiger partial charge on any atom is 0.296 e. The molecule has 0 atom stereocenters. The van der Waals surface area contributed by atoms with Crippen LogP contribution in [0.3, 0.4) is 0 Å². The molecule has 0 aromatic heterocycles. The summed E-state index contributed by atoms with van der Waals surface area (Å²) in [5.41, 5.74) is 2.23. The van der Waals surface area contributed by atoms with Crippen LogP contribution in [0, 0.1) is 6.92 Å². The molecule has 2 rings (SSSR count). The zero-order valence-corrected chi connectivity index (χ0v) is 16.9. The van der Waals surface area contributed by atoms with E-state index in [0.717, 1.165) is 50.7 Å². The van der Waals surface area contributed by atoms with Crippen LogP contribution in [0.25, 0.3) is 0 Å². The minimum Gasteiger partial charge on any atom is -0.377 e. The van der Waals surface area contributed by atoms with Crippen LogP contribution in [0.2, 0.25) is 0 Å². The van der Waals surface area contributed by atoms with Gasteiger partial charge < -0.3 is 4.74 Å². The molecule has 0 fully saturated rings. The fraction of sp³-hybridized carbons (Fsp3) is 0.455. The summed E-state index contributed by atoms with van der Waals surface area (Å²) in [6, 6.07) is 16.9. The van der Waals surface area contributed by atoms with Crippen LogP contribution in [-0.4, -0.2) is 21.6 Å². The van der Waals surface area contributed by atoms with Crippen molar-refractivity contribution < 1.29 is 17.3 Å². The second kappa shape index (κ2) is 11.9. The second-order valence-corrected chi connectivity index (χ2v) is 8.36. The van der Waals surface area contributed by atoms with Crippen LogP contribution >= 0.6 is 0 Å². The topological polar surface area (TPSA) is 52.6 Å². The summed E-state index contributed by atoms with van der Waals surface area (Å²) < 4.78 is 34.9. The van der Waals surface area contributed by atoms with Gasteiger partial charge >= 0.3 is 0 Å². The minimum absolute atomic E-state index is 0.226. The summed E-state index contributed by atoms with van der Waals surface area (Å²) in [5.74, 6) is 0. The lowest BCUT2D eigenvalue weighted by Crippen LogP contribution is -2.07. The molecule has 2 aromatic carbocycles. The summed E-state index contributed by atoms with van der Waals surface area (Å²) in [7, 11) is -3.62. The Balaban J connectivity index is 1.45. The predicted octanol–water partition coefficient (Wildman–Crippen LogP) is 5.26. The third kappa shape index (κ3) is 8.69. The molecule has 5 heteroatoms. The van der Waals surface area contributed by atoms with Crippen molar-refractivity contribution in [3.63, 3.8) is 0 Å². The Kier molecular flexibility index (Phi) is 9.53. The number of unbranched alkanes of at least 4 members (excludes halogenated alkanes) is 5. The molecule has 4 nitrogen and oxygen atoms in total. The number of hydrogen-bond acceptors (Lipinski definition) is 4. The molecular weight excluding hydrogens is 360 g/mol. The third-order valence-corrected chi connectivity index (χ3v) is 5.67. The summed E-state index contributed by atoms with van der Waals surface area (Å²) in [6.45, 7) is 3.63. The van der Waals surface area contributed by atoms with E-state index in [0.29, 0.717) is 6.61 Å². The van der Waals surface area contributed by atoms with Gasteiger partial charge in [-0.3, -0.25) is 4.18 Å². The van der Waals surface area contributed by atoms with Gasteiger partial charge in [-0.25, -0.2) is 0 Å². The average molecular weight is 391 g/mol. The van der Waals surface area contributed by atoms with Gasteiger partial charge in [0.1, 0.15) is 0 Å². The Morgan fingerprint density at radius 1 is 0.741 bits per heavy atom. The van der Waals surface area contributed by atoms with Crippen molar-refractivity contribution in [1.82, 2.24) is 0 Å². The number of aryl methyl sites for hydroxylation is 1. The average Bonchev–Trinajstić information content (AvgIpc) is 2.67. The standard InChI is InChI=1S/C22H30O4S/c1-20-13-15-22(16-14-20)27(23,24)26-18-10-5-3-2-4-9-17-25-19-21-11-7-6-8-12-21/h6-8,11-16H,2-5,9-10,17-19H2,1H3. The number of hydrogen-bond donors (Lipinski definition) is 0. The van der Waals surface area contributed by atoms with Crippen LogP contribution in [0.5, 0.6) is 0 Å². The van der Waals surface area contributed by atoms with Crippen molar-refractivity contribution in [2.45, 2.75) is 57.0 Å². The molecule has 0 spiro atoms. The fourth-order valence-electron chi connectivity index (χ4n) is 2.72. The van der Waals surface area contributed by atoms with Gasteiger partial charge in [0, 0.05) is 6.61 Å². The first-order valence-corrected chi connectivity index (χ1v) is 11.1. The van der Waals surface area contributed by atoms with Crippen LogP contribution < -0.4 is 0 Å². The molecule has 0 aliphatic heterocycles. The summed E-state index contributed by atoms with van der Waals surface area (Å²) in [4.78, 5) is 0.226. The lowest BCUT2D eigenvalue weighted by molar-refractivity contribution is 0.116. The molecule has 0 bridgehead atoms. The molecule has 2 aromatic rings. The first-order valence-electron chi connectivity index (χ1n) is 9.66. The van der Waals surface area contributed by atoms with E-state index in [9.17, 15) is 8.42 Å². The molecular formula is C22H30O4S. The molecule has 0 aliphatic rings. The van der Waals surface area contributed by atoms with E-state index in [4.69, 9.17) is 8.92 Å². The van der Waals surface area contributed by atoms with Crippen molar-refractivity contribution in [2.24, 2.45) is 0 Å². The predicted molar refractivity (Wildman–Crippen MR) is 108 cm³/mol. The Labute approximate surface area is 163 Å². The number of ether oxygens (including phenoxy) is 1. The first kappa shape index (κ1) is 21.6. The largest absolute Gasteiger partial charge is 0.377 e. The molecule has 0 saturated carbocycles. The van der Waals surface area contributed by atoms with Crippen LogP contribution in [0.1, 0.15) is 49.7 Å². The monoisotopic (exact) mass is 390 g/mol.